The van der Waals surface area contributed by atoms with Crippen LogP contribution in [0.1, 0.15) is 35.9 Å². The molecule has 0 saturated heterocycles. The van der Waals surface area contributed by atoms with E-state index >= 15 is 0 Å². The zero-order chi connectivity index (χ0) is 13.9. The van der Waals surface area contributed by atoms with Crippen molar-refractivity contribution in [2.45, 2.75) is 45.8 Å². The molecule has 2 aromatic heterocycles. The lowest BCUT2D eigenvalue weighted by Crippen LogP contribution is -2.24. The zero-order valence-electron chi connectivity index (χ0n) is 12.1. The molecule has 1 fully saturated rings. The van der Waals surface area contributed by atoms with Crippen LogP contribution in [0.2, 0.25) is 0 Å². The topological polar surface area (TPSA) is 28.2 Å². The number of thiophene rings is 1. The van der Waals surface area contributed by atoms with Gasteiger partial charge in [0.1, 0.15) is 0 Å². The van der Waals surface area contributed by atoms with Gasteiger partial charge in [-0.1, -0.05) is 6.92 Å². The molecule has 0 spiro atoms. The molecule has 0 aromatic carbocycles. The molecule has 1 N–H and O–H groups in total. The van der Waals surface area contributed by atoms with Gasteiger partial charge < -0.3 is 10.2 Å². The summed E-state index contributed by atoms with van der Waals surface area (Å²) in [6.45, 7) is 7.22. The predicted molar refractivity (Wildman–Crippen MR) is 87.8 cm³/mol. The second-order valence-corrected chi connectivity index (χ2v) is 7.12. The molecule has 0 radical (unpaired) electrons. The first-order chi connectivity index (χ1) is 9.78. The quantitative estimate of drug-likeness (QED) is 0.843. The van der Waals surface area contributed by atoms with Gasteiger partial charge in [-0.05, 0) is 48.7 Å². The van der Waals surface area contributed by atoms with Gasteiger partial charge in [0.25, 0.3) is 0 Å². The van der Waals surface area contributed by atoms with E-state index < -0.39 is 0 Å². The van der Waals surface area contributed by atoms with E-state index in [1.807, 2.05) is 11.3 Å². The first-order valence-electron chi connectivity index (χ1n) is 7.22. The molecule has 1 aliphatic rings. The van der Waals surface area contributed by atoms with Crippen molar-refractivity contribution in [1.82, 2.24) is 10.3 Å². The fraction of sp³-hybridized carbons (Fsp3) is 0.533. The van der Waals surface area contributed by atoms with Crippen molar-refractivity contribution in [2.75, 3.05) is 11.4 Å². The third-order valence-electron chi connectivity index (χ3n) is 3.58. The van der Waals surface area contributed by atoms with E-state index in [-0.39, 0.29) is 0 Å². The van der Waals surface area contributed by atoms with Gasteiger partial charge in [-0.3, -0.25) is 0 Å². The van der Waals surface area contributed by atoms with Crippen molar-refractivity contribution >= 4 is 27.8 Å². The lowest BCUT2D eigenvalue weighted by molar-refractivity contribution is 0.730. The van der Waals surface area contributed by atoms with Crippen LogP contribution in [0.3, 0.4) is 0 Å². The summed E-state index contributed by atoms with van der Waals surface area (Å²) < 4.78 is 0. The average molecular weight is 307 g/mol. The van der Waals surface area contributed by atoms with Crippen molar-refractivity contribution in [1.29, 1.82) is 0 Å². The van der Waals surface area contributed by atoms with Gasteiger partial charge in [-0.15, -0.1) is 11.3 Å². The molecule has 108 valence electrons. The van der Waals surface area contributed by atoms with Crippen LogP contribution in [-0.4, -0.2) is 17.6 Å². The van der Waals surface area contributed by atoms with E-state index in [4.69, 9.17) is 4.98 Å². The van der Waals surface area contributed by atoms with Crippen molar-refractivity contribution in [3.05, 3.63) is 33.0 Å². The van der Waals surface area contributed by atoms with Gasteiger partial charge in [-0.2, -0.15) is 11.3 Å². The van der Waals surface area contributed by atoms with Crippen molar-refractivity contribution in [2.24, 2.45) is 0 Å². The zero-order valence-corrected chi connectivity index (χ0v) is 13.7. The first kappa shape index (κ1) is 14.0. The second kappa shape index (κ2) is 6.24. The molecule has 1 saturated carbocycles. The van der Waals surface area contributed by atoms with Crippen LogP contribution in [0.15, 0.2) is 16.8 Å². The Kier molecular flexibility index (Phi) is 4.38. The Hall–Kier alpha value is -0.910. The lowest BCUT2D eigenvalue weighted by Gasteiger charge is -2.20. The molecule has 0 unspecified atom stereocenters. The number of hydrogen-bond donors (Lipinski definition) is 1. The van der Waals surface area contributed by atoms with Gasteiger partial charge in [0.2, 0.25) is 0 Å². The first-order valence-corrected chi connectivity index (χ1v) is 8.98. The Morgan fingerprint density at radius 2 is 2.30 bits per heavy atom. The van der Waals surface area contributed by atoms with Gasteiger partial charge in [0, 0.05) is 24.0 Å². The summed E-state index contributed by atoms with van der Waals surface area (Å²) in [5.74, 6) is 0. The normalized spacial score (nSPS) is 14.7. The molecular formula is C15H21N3S2. The maximum Gasteiger partial charge on any atom is 0.186 e. The summed E-state index contributed by atoms with van der Waals surface area (Å²) in [6.07, 6.45) is 2.62. The summed E-state index contributed by atoms with van der Waals surface area (Å²) in [5, 5.41) is 9.00. The fourth-order valence-electron chi connectivity index (χ4n) is 2.26. The molecule has 3 nitrogen and oxygen atoms in total. The Labute approximate surface area is 128 Å². The van der Waals surface area contributed by atoms with E-state index in [0.29, 0.717) is 6.04 Å². The SMILES string of the molecule is CCNCc1sc(N(Cc2ccsc2)C2CC2)nc1C. The van der Waals surface area contributed by atoms with E-state index in [1.165, 1.54) is 34.1 Å². The molecule has 5 heteroatoms. The van der Waals surface area contributed by atoms with Crippen LogP contribution in [0.25, 0.3) is 0 Å². The fourth-order valence-corrected chi connectivity index (χ4v) is 4.02. The van der Waals surface area contributed by atoms with Crippen molar-refractivity contribution in [3.63, 3.8) is 0 Å². The highest BCUT2D eigenvalue weighted by atomic mass is 32.1. The Bertz CT molecular complexity index is 543. The predicted octanol–water partition coefficient (Wildman–Crippen LogP) is 3.79. The number of aryl methyl sites for hydroxylation is 1. The average Bonchev–Trinajstić information content (AvgIpc) is 3.03. The largest absolute Gasteiger partial charge is 0.341 e. The second-order valence-electron chi connectivity index (χ2n) is 5.28. The molecular weight excluding hydrogens is 286 g/mol. The third kappa shape index (κ3) is 3.22. The smallest absolute Gasteiger partial charge is 0.186 e. The minimum atomic E-state index is 0.701. The Balaban J connectivity index is 1.77. The van der Waals surface area contributed by atoms with Crippen LogP contribution in [-0.2, 0) is 13.1 Å². The van der Waals surface area contributed by atoms with Crippen molar-refractivity contribution in [3.8, 4) is 0 Å². The molecule has 0 atom stereocenters. The monoisotopic (exact) mass is 307 g/mol. The number of aromatic nitrogens is 1. The maximum atomic E-state index is 4.81. The highest BCUT2D eigenvalue weighted by Gasteiger charge is 2.31. The highest BCUT2D eigenvalue weighted by molar-refractivity contribution is 7.15. The third-order valence-corrected chi connectivity index (χ3v) is 5.51. The van der Waals surface area contributed by atoms with Crippen LogP contribution >= 0.6 is 22.7 Å². The standard InChI is InChI=1S/C15H21N3S2/c1-3-16-8-14-11(2)17-15(20-14)18(13-4-5-13)9-12-6-7-19-10-12/h6-7,10,13,16H,3-5,8-9H2,1-2H3. The molecule has 0 bridgehead atoms. The number of thiazole rings is 1. The van der Waals surface area contributed by atoms with Gasteiger partial charge in [0.15, 0.2) is 5.13 Å². The molecule has 2 heterocycles. The lowest BCUT2D eigenvalue weighted by atomic mass is 10.3. The molecule has 1 aliphatic carbocycles. The summed E-state index contributed by atoms with van der Waals surface area (Å²) in [4.78, 5) is 8.68. The molecule has 2 aromatic rings. The molecule has 3 rings (SSSR count). The highest BCUT2D eigenvalue weighted by Crippen LogP contribution is 2.36. The van der Waals surface area contributed by atoms with Crippen LogP contribution in [0.4, 0.5) is 5.13 Å². The molecule has 0 aliphatic heterocycles. The summed E-state index contributed by atoms with van der Waals surface area (Å²) in [7, 11) is 0. The van der Waals surface area contributed by atoms with Gasteiger partial charge >= 0.3 is 0 Å². The van der Waals surface area contributed by atoms with E-state index in [9.17, 15) is 0 Å². The minimum Gasteiger partial charge on any atom is -0.341 e. The van der Waals surface area contributed by atoms with E-state index in [0.717, 1.165) is 19.6 Å². The van der Waals surface area contributed by atoms with Crippen molar-refractivity contribution < 1.29 is 0 Å². The van der Waals surface area contributed by atoms with Gasteiger partial charge in [-0.25, -0.2) is 4.98 Å². The Morgan fingerprint density at radius 3 is 2.95 bits per heavy atom. The molecule has 0 amide bonds. The Morgan fingerprint density at radius 1 is 1.45 bits per heavy atom. The van der Waals surface area contributed by atoms with E-state index in [2.05, 4.69) is 40.9 Å². The number of anilines is 1. The molecule has 20 heavy (non-hydrogen) atoms. The number of nitrogens with zero attached hydrogens (tertiary/aromatic N) is 2. The summed E-state index contributed by atoms with van der Waals surface area (Å²) in [6, 6.07) is 2.92. The van der Waals surface area contributed by atoms with E-state index in [1.54, 1.807) is 11.3 Å². The minimum absolute atomic E-state index is 0.701. The maximum absolute atomic E-state index is 4.81. The van der Waals surface area contributed by atoms with Gasteiger partial charge in [0.05, 0.1) is 5.69 Å². The number of nitrogens with one attached hydrogen (secondary N) is 1. The summed E-state index contributed by atoms with van der Waals surface area (Å²) >= 11 is 3.63. The van der Waals surface area contributed by atoms with Crippen LogP contribution in [0.5, 0.6) is 0 Å². The number of hydrogen-bond acceptors (Lipinski definition) is 5. The number of rotatable bonds is 7. The van der Waals surface area contributed by atoms with Crippen LogP contribution < -0.4 is 10.2 Å². The summed E-state index contributed by atoms with van der Waals surface area (Å²) in [5.41, 5.74) is 2.59. The van der Waals surface area contributed by atoms with Crippen LogP contribution in [0, 0.1) is 6.92 Å².